The van der Waals surface area contributed by atoms with Crippen LogP contribution in [-0.4, -0.2) is 40.1 Å². The molecule has 0 radical (unpaired) electrons. The maximum Gasteiger partial charge on any atom is 0.254 e. The van der Waals surface area contributed by atoms with Crippen molar-refractivity contribution in [2.24, 2.45) is 0 Å². The number of rotatable bonds is 1. The lowest BCUT2D eigenvalue weighted by Crippen LogP contribution is -2.42. The minimum Gasteiger partial charge on any atom is -0.391 e. The molecule has 0 saturated carbocycles. The van der Waals surface area contributed by atoms with Crippen molar-refractivity contribution in [3.05, 3.63) is 35.9 Å². The summed E-state index contributed by atoms with van der Waals surface area (Å²) < 4.78 is 0. The number of amides is 1. The smallest absolute Gasteiger partial charge is 0.254 e. The van der Waals surface area contributed by atoms with E-state index in [0.29, 0.717) is 30.0 Å². The predicted molar refractivity (Wildman–Crippen MR) is 77.3 cm³/mol. The van der Waals surface area contributed by atoms with Crippen LogP contribution in [0.3, 0.4) is 0 Å². The molecule has 1 aromatic carbocycles. The molecule has 0 spiro atoms. The summed E-state index contributed by atoms with van der Waals surface area (Å²) in [4.78, 5) is 18.6. The van der Waals surface area contributed by atoms with E-state index in [2.05, 4.69) is 4.98 Å². The average molecular weight is 271 g/mol. The van der Waals surface area contributed by atoms with E-state index in [1.54, 1.807) is 11.0 Å². The third kappa shape index (κ3) is 2.32. The molecule has 1 aromatic heterocycles. The first kappa shape index (κ1) is 12.9. The number of aliphatic hydroxyl groups excluding tert-OH is 1. The molecule has 5 nitrogen and oxygen atoms in total. The topological polar surface area (TPSA) is 79.5 Å². The normalized spacial score (nSPS) is 19.2. The molecular weight excluding hydrogens is 254 g/mol. The lowest BCUT2D eigenvalue weighted by atomic mass is 10.0. The predicted octanol–water partition coefficient (Wildman–Crippen LogP) is 1.41. The molecule has 20 heavy (non-hydrogen) atoms. The second kappa shape index (κ2) is 5.09. The zero-order chi connectivity index (χ0) is 14.1. The van der Waals surface area contributed by atoms with Crippen LogP contribution in [0.4, 0.5) is 5.82 Å². The quantitative estimate of drug-likeness (QED) is 0.822. The SMILES string of the molecule is Nc1cc(C(=O)N2CCCC(O)C2)c2ccccc2n1. The first-order valence-electron chi connectivity index (χ1n) is 6.78. The van der Waals surface area contributed by atoms with Gasteiger partial charge in [-0.25, -0.2) is 4.98 Å². The molecule has 3 rings (SSSR count). The summed E-state index contributed by atoms with van der Waals surface area (Å²) in [5.41, 5.74) is 7.06. The van der Waals surface area contributed by atoms with Gasteiger partial charge in [0, 0.05) is 18.5 Å². The van der Waals surface area contributed by atoms with Crippen molar-refractivity contribution in [1.29, 1.82) is 0 Å². The number of β-amino-alcohol motifs (C(OH)–C–C–N with tert-alkyl or cyclic N) is 1. The van der Waals surface area contributed by atoms with Crippen LogP contribution in [0.5, 0.6) is 0 Å². The molecule has 1 aliphatic rings. The van der Waals surface area contributed by atoms with Gasteiger partial charge >= 0.3 is 0 Å². The van der Waals surface area contributed by atoms with Gasteiger partial charge in [-0.2, -0.15) is 0 Å². The number of carbonyl (C=O) groups excluding carboxylic acids is 1. The Hall–Kier alpha value is -2.14. The highest BCUT2D eigenvalue weighted by Crippen LogP contribution is 2.22. The molecule has 104 valence electrons. The highest BCUT2D eigenvalue weighted by molar-refractivity contribution is 6.06. The minimum absolute atomic E-state index is 0.0888. The van der Waals surface area contributed by atoms with E-state index in [1.807, 2.05) is 24.3 Å². The summed E-state index contributed by atoms with van der Waals surface area (Å²) in [6.07, 6.45) is 1.15. The Morgan fingerprint density at radius 2 is 2.20 bits per heavy atom. The Labute approximate surface area is 117 Å². The van der Waals surface area contributed by atoms with E-state index in [9.17, 15) is 9.90 Å². The van der Waals surface area contributed by atoms with Crippen LogP contribution in [0.1, 0.15) is 23.2 Å². The molecule has 3 N–H and O–H groups in total. The number of hydrogen-bond acceptors (Lipinski definition) is 4. The molecule has 0 aliphatic carbocycles. The third-order valence-corrected chi connectivity index (χ3v) is 3.65. The van der Waals surface area contributed by atoms with Gasteiger partial charge in [0.1, 0.15) is 5.82 Å². The number of anilines is 1. The van der Waals surface area contributed by atoms with Crippen molar-refractivity contribution in [3.8, 4) is 0 Å². The molecule has 2 aromatic rings. The number of para-hydroxylation sites is 1. The number of fused-ring (bicyclic) bond motifs is 1. The Bertz CT molecular complexity index is 657. The van der Waals surface area contributed by atoms with Gasteiger partial charge < -0.3 is 15.7 Å². The molecule has 1 unspecified atom stereocenters. The van der Waals surface area contributed by atoms with Gasteiger partial charge in [0.15, 0.2) is 0 Å². The van der Waals surface area contributed by atoms with Gasteiger partial charge in [0.2, 0.25) is 0 Å². The Morgan fingerprint density at radius 3 is 3.00 bits per heavy atom. The number of carbonyl (C=O) groups is 1. The molecule has 2 heterocycles. The van der Waals surface area contributed by atoms with Gasteiger partial charge in [-0.1, -0.05) is 18.2 Å². The number of hydrogen-bond donors (Lipinski definition) is 2. The van der Waals surface area contributed by atoms with Crippen molar-refractivity contribution in [2.45, 2.75) is 18.9 Å². The lowest BCUT2D eigenvalue weighted by molar-refractivity contribution is 0.0475. The fourth-order valence-corrected chi connectivity index (χ4v) is 2.68. The zero-order valence-electron chi connectivity index (χ0n) is 11.1. The minimum atomic E-state index is -0.432. The number of aliphatic hydroxyl groups is 1. The first-order chi connectivity index (χ1) is 9.65. The number of nitrogens with two attached hydrogens (primary N) is 1. The Kier molecular flexibility index (Phi) is 3.28. The van der Waals surface area contributed by atoms with Crippen LogP contribution in [0, 0.1) is 0 Å². The van der Waals surface area contributed by atoms with E-state index in [4.69, 9.17) is 5.73 Å². The van der Waals surface area contributed by atoms with Crippen LogP contribution in [-0.2, 0) is 0 Å². The summed E-state index contributed by atoms with van der Waals surface area (Å²) in [5.74, 6) is 0.249. The first-order valence-corrected chi connectivity index (χ1v) is 6.78. The summed E-state index contributed by atoms with van der Waals surface area (Å²) in [6.45, 7) is 1.06. The summed E-state index contributed by atoms with van der Waals surface area (Å²) in [7, 11) is 0. The number of nitrogen functional groups attached to an aromatic ring is 1. The number of likely N-dealkylation sites (tertiary alicyclic amines) is 1. The van der Waals surface area contributed by atoms with Crippen molar-refractivity contribution in [2.75, 3.05) is 18.8 Å². The maximum atomic E-state index is 12.6. The standard InChI is InChI=1S/C15H17N3O2/c16-14-8-12(11-5-1-2-6-13(11)17-14)15(20)18-7-3-4-10(19)9-18/h1-2,5-6,8,10,19H,3-4,7,9H2,(H2,16,17). The number of pyridine rings is 1. The molecule has 1 amide bonds. The number of nitrogens with zero attached hydrogens (tertiary/aromatic N) is 2. The fraction of sp³-hybridized carbons (Fsp3) is 0.333. The summed E-state index contributed by atoms with van der Waals surface area (Å²) in [6, 6.07) is 9.07. The Balaban J connectivity index is 2.02. The van der Waals surface area contributed by atoms with Gasteiger partial charge in [0.25, 0.3) is 5.91 Å². The Morgan fingerprint density at radius 1 is 1.40 bits per heavy atom. The van der Waals surface area contributed by atoms with Crippen molar-refractivity contribution >= 4 is 22.6 Å². The zero-order valence-corrected chi connectivity index (χ0v) is 11.1. The molecule has 1 atom stereocenters. The van der Waals surface area contributed by atoms with E-state index in [-0.39, 0.29) is 5.91 Å². The van der Waals surface area contributed by atoms with E-state index in [0.717, 1.165) is 18.2 Å². The summed E-state index contributed by atoms with van der Waals surface area (Å²) in [5, 5.41) is 10.5. The number of piperidine rings is 1. The molecular formula is C15H17N3O2. The van der Waals surface area contributed by atoms with Gasteiger partial charge in [-0.05, 0) is 25.0 Å². The van der Waals surface area contributed by atoms with Crippen LogP contribution in [0.25, 0.3) is 10.9 Å². The largest absolute Gasteiger partial charge is 0.391 e. The van der Waals surface area contributed by atoms with Crippen LogP contribution in [0.2, 0.25) is 0 Å². The third-order valence-electron chi connectivity index (χ3n) is 3.65. The van der Waals surface area contributed by atoms with Crippen molar-refractivity contribution in [1.82, 2.24) is 9.88 Å². The number of aromatic nitrogens is 1. The molecule has 1 saturated heterocycles. The molecule has 5 heteroatoms. The summed E-state index contributed by atoms with van der Waals surface area (Å²) >= 11 is 0. The van der Waals surface area contributed by atoms with Crippen LogP contribution >= 0.6 is 0 Å². The van der Waals surface area contributed by atoms with Crippen LogP contribution in [0.15, 0.2) is 30.3 Å². The van der Waals surface area contributed by atoms with E-state index >= 15 is 0 Å². The van der Waals surface area contributed by atoms with Crippen molar-refractivity contribution < 1.29 is 9.90 Å². The highest BCUT2D eigenvalue weighted by atomic mass is 16.3. The maximum absolute atomic E-state index is 12.6. The van der Waals surface area contributed by atoms with Gasteiger partial charge in [-0.15, -0.1) is 0 Å². The highest BCUT2D eigenvalue weighted by Gasteiger charge is 2.24. The van der Waals surface area contributed by atoms with Gasteiger partial charge in [0.05, 0.1) is 17.2 Å². The monoisotopic (exact) mass is 271 g/mol. The van der Waals surface area contributed by atoms with E-state index < -0.39 is 6.10 Å². The molecule has 1 aliphatic heterocycles. The number of benzene rings is 1. The molecule has 1 fully saturated rings. The van der Waals surface area contributed by atoms with Crippen LogP contribution < -0.4 is 5.73 Å². The fourth-order valence-electron chi connectivity index (χ4n) is 2.68. The average Bonchev–Trinajstić information content (AvgIpc) is 2.45. The second-order valence-corrected chi connectivity index (χ2v) is 5.16. The molecule has 0 bridgehead atoms. The van der Waals surface area contributed by atoms with Crippen molar-refractivity contribution in [3.63, 3.8) is 0 Å². The van der Waals surface area contributed by atoms with E-state index in [1.165, 1.54) is 0 Å². The second-order valence-electron chi connectivity index (χ2n) is 5.16. The lowest BCUT2D eigenvalue weighted by Gasteiger charge is -2.30. The van der Waals surface area contributed by atoms with Gasteiger partial charge in [-0.3, -0.25) is 4.79 Å².